The third kappa shape index (κ3) is 2.79. The van der Waals surface area contributed by atoms with Crippen LogP contribution in [-0.4, -0.2) is 41.8 Å². The van der Waals surface area contributed by atoms with E-state index in [4.69, 9.17) is 0 Å². The van der Waals surface area contributed by atoms with Crippen molar-refractivity contribution in [3.8, 4) is 0 Å². The molecular weight excluding hydrogens is 228 g/mol. The van der Waals surface area contributed by atoms with Crippen LogP contribution in [0.1, 0.15) is 38.5 Å². The van der Waals surface area contributed by atoms with E-state index < -0.39 is 0 Å². The SMILES string of the molecule is O=C(NC(C1CC1)C1CC1)N1CCCC(CO)C1. The van der Waals surface area contributed by atoms with Crippen molar-refractivity contribution in [3.63, 3.8) is 0 Å². The van der Waals surface area contributed by atoms with Crippen LogP contribution in [0.2, 0.25) is 0 Å². The van der Waals surface area contributed by atoms with Crippen LogP contribution >= 0.6 is 0 Å². The van der Waals surface area contributed by atoms with Crippen molar-refractivity contribution in [1.29, 1.82) is 0 Å². The first-order valence-electron chi connectivity index (χ1n) is 7.44. The Bertz CT molecular complexity index is 301. The number of rotatable bonds is 4. The fourth-order valence-electron chi connectivity index (χ4n) is 3.16. The summed E-state index contributed by atoms with van der Waals surface area (Å²) in [6, 6.07) is 0.545. The fourth-order valence-corrected chi connectivity index (χ4v) is 3.16. The van der Waals surface area contributed by atoms with Crippen molar-refractivity contribution >= 4 is 6.03 Å². The monoisotopic (exact) mass is 252 g/mol. The maximum absolute atomic E-state index is 12.3. The number of hydrogen-bond donors (Lipinski definition) is 2. The standard InChI is InChI=1S/C14H24N2O2/c17-9-10-2-1-7-16(8-10)14(18)15-13(11-3-4-11)12-5-6-12/h10-13,17H,1-9H2,(H,15,18). The second-order valence-corrected chi connectivity index (χ2v) is 6.29. The van der Waals surface area contributed by atoms with Crippen LogP contribution in [0, 0.1) is 17.8 Å². The highest BCUT2D eigenvalue weighted by Gasteiger charge is 2.42. The first kappa shape index (κ1) is 12.3. The average Bonchev–Trinajstić information content (AvgIpc) is 3.29. The molecule has 2 N–H and O–H groups in total. The van der Waals surface area contributed by atoms with Gasteiger partial charge in [0.25, 0.3) is 0 Å². The van der Waals surface area contributed by atoms with E-state index in [1.54, 1.807) is 0 Å². The number of nitrogens with zero attached hydrogens (tertiary/aromatic N) is 1. The topological polar surface area (TPSA) is 52.6 Å². The normalized spacial score (nSPS) is 28.6. The number of carbonyl (C=O) groups excluding carboxylic acids is 1. The lowest BCUT2D eigenvalue weighted by Gasteiger charge is -2.33. The molecule has 0 aromatic carbocycles. The van der Waals surface area contributed by atoms with Crippen molar-refractivity contribution in [2.24, 2.45) is 17.8 Å². The Morgan fingerprint density at radius 3 is 2.44 bits per heavy atom. The Labute approximate surface area is 109 Å². The molecule has 1 aliphatic heterocycles. The molecule has 18 heavy (non-hydrogen) atoms. The highest BCUT2D eigenvalue weighted by molar-refractivity contribution is 5.74. The Balaban J connectivity index is 1.53. The van der Waals surface area contributed by atoms with Gasteiger partial charge in [-0.1, -0.05) is 0 Å². The number of amides is 2. The van der Waals surface area contributed by atoms with E-state index in [1.165, 1.54) is 25.7 Å². The number of carbonyl (C=O) groups is 1. The molecule has 4 heteroatoms. The number of piperidine rings is 1. The lowest BCUT2D eigenvalue weighted by atomic mass is 9.99. The minimum absolute atomic E-state index is 0.108. The number of hydrogen-bond acceptors (Lipinski definition) is 2. The summed E-state index contributed by atoms with van der Waals surface area (Å²) in [6.07, 6.45) is 7.24. The maximum atomic E-state index is 12.3. The lowest BCUT2D eigenvalue weighted by molar-refractivity contribution is 0.126. The number of likely N-dealkylation sites (tertiary alicyclic amines) is 1. The predicted octanol–water partition coefficient (Wildman–Crippen LogP) is 1.59. The van der Waals surface area contributed by atoms with Crippen LogP contribution in [0.15, 0.2) is 0 Å². The summed E-state index contributed by atoms with van der Waals surface area (Å²) >= 11 is 0. The van der Waals surface area contributed by atoms with Crippen LogP contribution in [0.5, 0.6) is 0 Å². The smallest absolute Gasteiger partial charge is 0.317 e. The first-order chi connectivity index (χ1) is 8.78. The van der Waals surface area contributed by atoms with E-state index in [0.717, 1.165) is 37.8 Å². The molecule has 3 aliphatic rings. The highest BCUT2D eigenvalue weighted by atomic mass is 16.3. The minimum atomic E-state index is 0.108. The number of nitrogens with one attached hydrogen (secondary N) is 1. The van der Waals surface area contributed by atoms with Crippen LogP contribution in [0.4, 0.5) is 4.79 Å². The van der Waals surface area contributed by atoms with Crippen LogP contribution in [0.25, 0.3) is 0 Å². The molecule has 2 aliphatic carbocycles. The third-order valence-electron chi connectivity index (χ3n) is 4.61. The van der Waals surface area contributed by atoms with E-state index >= 15 is 0 Å². The van der Waals surface area contributed by atoms with Crippen molar-refractivity contribution in [3.05, 3.63) is 0 Å². The zero-order valence-electron chi connectivity index (χ0n) is 11.0. The van der Waals surface area contributed by atoms with Gasteiger partial charge >= 0.3 is 6.03 Å². The predicted molar refractivity (Wildman–Crippen MR) is 69.2 cm³/mol. The summed E-state index contributed by atoms with van der Waals surface area (Å²) in [5.41, 5.74) is 0. The van der Waals surface area contributed by atoms with E-state index in [0.29, 0.717) is 6.04 Å². The molecule has 3 rings (SSSR count). The van der Waals surface area contributed by atoms with Gasteiger partial charge in [0.15, 0.2) is 0 Å². The zero-order chi connectivity index (χ0) is 12.5. The molecule has 0 aromatic rings. The molecule has 0 radical (unpaired) electrons. The second kappa shape index (κ2) is 5.08. The van der Waals surface area contributed by atoms with Crippen LogP contribution < -0.4 is 5.32 Å². The van der Waals surface area contributed by atoms with E-state index in [-0.39, 0.29) is 18.6 Å². The summed E-state index contributed by atoms with van der Waals surface area (Å²) < 4.78 is 0. The molecule has 1 saturated heterocycles. The molecule has 1 heterocycles. The van der Waals surface area contributed by atoms with E-state index in [9.17, 15) is 9.90 Å². The van der Waals surface area contributed by atoms with Gasteiger partial charge in [-0.3, -0.25) is 0 Å². The van der Waals surface area contributed by atoms with E-state index in [1.807, 2.05) is 4.90 Å². The van der Waals surface area contributed by atoms with Gasteiger partial charge in [0, 0.05) is 25.7 Å². The van der Waals surface area contributed by atoms with Gasteiger partial charge in [-0.05, 0) is 56.3 Å². The molecule has 1 atom stereocenters. The number of aliphatic hydroxyl groups excluding tert-OH is 1. The van der Waals surface area contributed by atoms with Gasteiger partial charge in [0.05, 0.1) is 0 Å². The van der Waals surface area contributed by atoms with Crippen molar-refractivity contribution < 1.29 is 9.90 Å². The Morgan fingerprint density at radius 2 is 1.89 bits per heavy atom. The molecule has 2 amide bonds. The molecule has 0 spiro atoms. The largest absolute Gasteiger partial charge is 0.396 e. The van der Waals surface area contributed by atoms with Gasteiger partial charge in [-0.25, -0.2) is 4.79 Å². The summed E-state index contributed by atoms with van der Waals surface area (Å²) in [5.74, 6) is 1.78. The Hall–Kier alpha value is -0.770. The molecule has 3 fully saturated rings. The number of urea groups is 1. The summed E-state index contributed by atoms with van der Waals surface area (Å²) in [7, 11) is 0. The molecular formula is C14H24N2O2. The molecule has 102 valence electrons. The summed E-state index contributed by atoms with van der Waals surface area (Å²) in [4.78, 5) is 14.2. The zero-order valence-corrected chi connectivity index (χ0v) is 11.0. The summed E-state index contributed by atoms with van der Waals surface area (Å²) in [5, 5.41) is 12.5. The van der Waals surface area contributed by atoms with Crippen LogP contribution in [-0.2, 0) is 0 Å². The Morgan fingerprint density at radius 1 is 1.22 bits per heavy atom. The van der Waals surface area contributed by atoms with Gasteiger partial charge in [-0.2, -0.15) is 0 Å². The second-order valence-electron chi connectivity index (χ2n) is 6.29. The fraction of sp³-hybridized carbons (Fsp3) is 0.929. The van der Waals surface area contributed by atoms with Gasteiger partial charge in [-0.15, -0.1) is 0 Å². The lowest BCUT2D eigenvalue weighted by Crippen LogP contribution is -2.50. The molecule has 1 unspecified atom stereocenters. The van der Waals surface area contributed by atoms with Crippen molar-refractivity contribution in [2.75, 3.05) is 19.7 Å². The van der Waals surface area contributed by atoms with Gasteiger partial charge in [0.2, 0.25) is 0 Å². The van der Waals surface area contributed by atoms with Crippen molar-refractivity contribution in [2.45, 2.75) is 44.6 Å². The van der Waals surface area contributed by atoms with Crippen molar-refractivity contribution in [1.82, 2.24) is 10.2 Å². The van der Waals surface area contributed by atoms with Crippen LogP contribution in [0.3, 0.4) is 0 Å². The molecule has 2 saturated carbocycles. The molecule has 0 bridgehead atoms. The number of aliphatic hydroxyl groups is 1. The third-order valence-corrected chi connectivity index (χ3v) is 4.61. The minimum Gasteiger partial charge on any atom is -0.396 e. The molecule has 0 aromatic heterocycles. The summed E-state index contributed by atoms with van der Waals surface area (Å²) in [6.45, 7) is 1.78. The maximum Gasteiger partial charge on any atom is 0.317 e. The quantitative estimate of drug-likeness (QED) is 0.798. The highest BCUT2D eigenvalue weighted by Crippen LogP contribution is 2.44. The molecule has 4 nitrogen and oxygen atoms in total. The van der Waals surface area contributed by atoms with E-state index in [2.05, 4.69) is 5.32 Å². The Kier molecular flexibility index (Phi) is 3.46. The van der Waals surface area contributed by atoms with Gasteiger partial charge < -0.3 is 15.3 Å². The first-order valence-corrected chi connectivity index (χ1v) is 7.44. The average molecular weight is 252 g/mol. The van der Waals surface area contributed by atoms with Gasteiger partial charge in [0.1, 0.15) is 0 Å².